The van der Waals surface area contributed by atoms with Crippen molar-refractivity contribution in [2.45, 2.75) is 26.2 Å². The summed E-state index contributed by atoms with van der Waals surface area (Å²) in [7, 11) is 0. The highest BCUT2D eigenvalue weighted by Crippen LogP contribution is 2.58. The van der Waals surface area contributed by atoms with E-state index < -0.39 is 23.7 Å². The Balaban J connectivity index is 2.64. The summed E-state index contributed by atoms with van der Waals surface area (Å²) in [6, 6.07) is 0. The molecule has 1 N–H and O–H groups in total. The van der Waals surface area contributed by atoms with Gasteiger partial charge in [-0.3, -0.25) is 4.79 Å². The van der Waals surface area contributed by atoms with Crippen LogP contribution in [0.2, 0.25) is 0 Å². The molecule has 2 atom stereocenters. The van der Waals surface area contributed by atoms with Gasteiger partial charge in [-0.25, -0.2) is 8.78 Å². The third kappa shape index (κ3) is 1.10. The summed E-state index contributed by atoms with van der Waals surface area (Å²) >= 11 is 0. The molecule has 0 aromatic heterocycles. The Hall–Kier alpha value is -0.670. The van der Waals surface area contributed by atoms with E-state index in [2.05, 4.69) is 0 Å². The molecule has 1 rings (SSSR count). The Morgan fingerprint density at radius 3 is 2.45 bits per heavy atom. The van der Waals surface area contributed by atoms with Crippen molar-refractivity contribution in [3.8, 4) is 0 Å². The van der Waals surface area contributed by atoms with Crippen molar-refractivity contribution in [2.75, 3.05) is 0 Å². The van der Waals surface area contributed by atoms with Gasteiger partial charge in [-0.1, -0.05) is 6.92 Å². The second-order valence-corrected chi connectivity index (χ2v) is 2.96. The Labute approximate surface area is 63.2 Å². The predicted octanol–water partition coefficient (Wildman–Crippen LogP) is 1.75. The van der Waals surface area contributed by atoms with Crippen LogP contribution in [0.25, 0.3) is 0 Å². The second-order valence-electron chi connectivity index (χ2n) is 2.96. The molecular weight excluding hydrogens is 154 g/mol. The number of hydrogen-bond donors (Lipinski definition) is 1. The number of hydrogen-bond acceptors (Lipinski definition) is 1. The Morgan fingerprint density at radius 2 is 2.36 bits per heavy atom. The molecule has 0 bridgehead atoms. The zero-order valence-electron chi connectivity index (χ0n) is 6.18. The molecule has 1 saturated carbocycles. The minimum absolute atomic E-state index is 0.135. The highest BCUT2D eigenvalue weighted by molar-refractivity contribution is 5.78. The number of aliphatic carboxylic acids is 1. The van der Waals surface area contributed by atoms with Gasteiger partial charge in [0.15, 0.2) is 0 Å². The van der Waals surface area contributed by atoms with E-state index in [4.69, 9.17) is 5.11 Å². The van der Waals surface area contributed by atoms with Crippen LogP contribution in [0.15, 0.2) is 0 Å². The average Bonchev–Trinajstić information content (AvgIpc) is 2.62. The van der Waals surface area contributed by atoms with E-state index in [1.165, 1.54) is 0 Å². The van der Waals surface area contributed by atoms with Crippen molar-refractivity contribution in [3.63, 3.8) is 0 Å². The maximum atomic E-state index is 12.0. The van der Waals surface area contributed by atoms with Gasteiger partial charge in [-0.2, -0.15) is 0 Å². The highest BCUT2D eigenvalue weighted by Gasteiger charge is 2.63. The van der Waals surface area contributed by atoms with E-state index in [1.54, 1.807) is 6.92 Å². The molecule has 0 amide bonds. The molecule has 1 aliphatic carbocycles. The average molecular weight is 164 g/mol. The summed E-state index contributed by atoms with van der Waals surface area (Å²) in [5, 5.41) is 8.59. The van der Waals surface area contributed by atoms with Gasteiger partial charge in [-0.15, -0.1) is 0 Å². The van der Waals surface area contributed by atoms with Crippen LogP contribution in [0.5, 0.6) is 0 Å². The normalized spacial score (nSPS) is 35.8. The smallest absolute Gasteiger partial charge is 0.310 e. The third-order valence-corrected chi connectivity index (χ3v) is 2.49. The van der Waals surface area contributed by atoms with Crippen LogP contribution in [0.1, 0.15) is 19.8 Å². The minimum Gasteiger partial charge on any atom is -0.481 e. The van der Waals surface area contributed by atoms with Crippen molar-refractivity contribution >= 4 is 5.97 Å². The third-order valence-electron chi connectivity index (χ3n) is 2.49. The highest BCUT2D eigenvalue weighted by atomic mass is 19.3. The van der Waals surface area contributed by atoms with Gasteiger partial charge in [0.1, 0.15) is 0 Å². The van der Waals surface area contributed by atoms with Gasteiger partial charge in [-0.05, 0) is 12.8 Å². The zero-order chi connectivity index (χ0) is 8.65. The molecule has 0 saturated heterocycles. The zero-order valence-corrected chi connectivity index (χ0v) is 6.18. The van der Waals surface area contributed by atoms with E-state index in [0.29, 0.717) is 6.42 Å². The van der Waals surface area contributed by atoms with Gasteiger partial charge < -0.3 is 5.11 Å². The molecular formula is C7H10F2O2. The first kappa shape index (κ1) is 8.43. The Morgan fingerprint density at radius 1 is 1.82 bits per heavy atom. The van der Waals surface area contributed by atoms with Crippen LogP contribution in [0, 0.1) is 11.3 Å². The van der Waals surface area contributed by atoms with E-state index >= 15 is 0 Å². The summed E-state index contributed by atoms with van der Waals surface area (Å²) < 4.78 is 24.0. The molecule has 64 valence electrons. The molecule has 0 spiro atoms. The van der Waals surface area contributed by atoms with Crippen molar-refractivity contribution in [1.82, 2.24) is 0 Å². The SMILES string of the molecule is CC[C@]1(C(=O)O)C[C@H]1C(F)F. The molecule has 1 fully saturated rings. The molecule has 0 aromatic rings. The molecule has 0 radical (unpaired) electrons. The van der Waals surface area contributed by atoms with Crippen molar-refractivity contribution in [2.24, 2.45) is 11.3 Å². The summed E-state index contributed by atoms with van der Waals surface area (Å²) in [5.74, 6) is -1.99. The number of halogens is 2. The first-order chi connectivity index (χ1) is 5.04. The Bertz CT molecular complexity index is 181. The largest absolute Gasteiger partial charge is 0.481 e. The van der Waals surface area contributed by atoms with Crippen LogP contribution in [0.4, 0.5) is 8.78 Å². The monoisotopic (exact) mass is 164 g/mol. The molecule has 0 heterocycles. The van der Waals surface area contributed by atoms with Crippen LogP contribution in [0.3, 0.4) is 0 Å². The van der Waals surface area contributed by atoms with E-state index in [-0.39, 0.29) is 6.42 Å². The first-order valence-electron chi connectivity index (χ1n) is 3.56. The van der Waals surface area contributed by atoms with Gasteiger partial charge in [0.05, 0.1) is 5.41 Å². The lowest BCUT2D eigenvalue weighted by molar-refractivity contribution is -0.145. The molecule has 2 nitrogen and oxygen atoms in total. The fourth-order valence-electron chi connectivity index (χ4n) is 1.47. The fraction of sp³-hybridized carbons (Fsp3) is 0.857. The number of carboxylic acid groups (broad SMARTS) is 1. The number of carbonyl (C=O) groups is 1. The first-order valence-corrected chi connectivity index (χ1v) is 3.56. The predicted molar refractivity (Wildman–Crippen MR) is 34.5 cm³/mol. The molecule has 0 unspecified atom stereocenters. The summed E-state index contributed by atoms with van der Waals surface area (Å²) in [5.41, 5.74) is -1.10. The van der Waals surface area contributed by atoms with Crippen LogP contribution in [-0.4, -0.2) is 17.5 Å². The van der Waals surface area contributed by atoms with Crippen LogP contribution < -0.4 is 0 Å². The molecule has 4 heteroatoms. The number of carboxylic acids is 1. The van der Waals surface area contributed by atoms with E-state index in [9.17, 15) is 13.6 Å². The van der Waals surface area contributed by atoms with Gasteiger partial charge in [0, 0.05) is 5.92 Å². The van der Waals surface area contributed by atoms with Crippen LogP contribution in [-0.2, 0) is 4.79 Å². The molecule has 1 aliphatic rings. The van der Waals surface area contributed by atoms with Gasteiger partial charge in [0.2, 0.25) is 6.43 Å². The number of alkyl halides is 2. The second kappa shape index (κ2) is 2.43. The lowest BCUT2D eigenvalue weighted by Crippen LogP contribution is -2.18. The quantitative estimate of drug-likeness (QED) is 0.689. The lowest BCUT2D eigenvalue weighted by atomic mass is 10.0. The van der Waals surface area contributed by atoms with Crippen molar-refractivity contribution < 1.29 is 18.7 Å². The topological polar surface area (TPSA) is 37.3 Å². The van der Waals surface area contributed by atoms with Crippen LogP contribution >= 0.6 is 0 Å². The van der Waals surface area contributed by atoms with Gasteiger partial charge >= 0.3 is 5.97 Å². The molecule has 0 aliphatic heterocycles. The fourth-order valence-corrected chi connectivity index (χ4v) is 1.47. The minimum atomic E-state index is -2.48. The van der Waals surface area contributed by atoms with Crippen molar-refractivity contribution in [3.05, 3.63) is 0 Å². The van der Waals surface area contributed by atoms with Gasteiger partial charge in [0.25, 0.3) is 0 Å². The van der Waals surface area contributed by atoms with E-state index in [1.807, 2.05) is 0 Å². The van der Waals surface area contributed by atoms with E-state index in [0.717, 1.165) is 0 Å². The maximum absolute atomic E-state index is 12.0. The summed E-state index contributed by atoms with van der Waals surface area (Å²) in [6.07, 6.45) is -2.04. The Kier molecular flexibility index (Phi) is 1.86. The maximum Gasteiger partial charge on any atom is 0.310 e. The summed E-state index contributed by atoms with van der Waals surface area (Å²) in [6.45, 7) is 1.64. The van der Waals surface area contributed by atoms with Crippen molar-refractivity contribution in [1.29, 1.82) is 0 Å². The molecule has 0 aromatic carbocycles. The standard InChI is InChI=1S/C7H10F2O2/c1-2-7(6(10)11)3-4(7)5(8)9/h4-5H,2-3H2,1H3,(H,10,11)/t4-,7-/m0/s1. The molecule has 11 heavy (non-hydrogen) atoms. The summed E-state index contributed by atoms with van der Waals surface area (Å²) in [4.78, 5) is 10.5. The number of rotatable bonds is 3. The lowest BCUT2D eigenvalue weighted by Gasteiger charge is -2.07.